The first-order chi connectivity index (χ1) is 8.03. The molecule has 4 nitrogen and oxygen atoms in total. The lowest BCUT2D eigenvalue weighted by molar-refractivity contribution is -0.120. The fraction of sp³-hybridized carbons (Fsp3) is 0.923. The molecule has 1 unspecified atom stereocenters. The zero-order valence-electron chi connectivity index (χ0n) is 11.3. The van der Waals surface area contributed by atoms with Crippen molar-refractivity contribution >= 4 is 5.91 Å². The maximum Gasteiger partial charge on any atom is 0.233 e. The Hall–Kier alpha value is -0.610. The first-order valence-electron chi connectivity index (χ1n) is 6.52. The highest BCUT2D eigenvalue weighted by Crippen LogP contribution is 2.36. The number of carbonyl (C=O) groups is 1. The largest absolute Gasteiger partial charge is 0.385 e. The molecular formula is C13H26N2O2. The van der Waals surface area contributed by atoms with Crippen molar-refractivity contribution in [3.63, 3.8) is 0 Å². The van der Waals surface area contributed by atoms with E-state index in [0.29, 0.717) is 31.2 Å². The summed E-state index contributed by atoms with van der Waals surface area (Å²) < 4.78 is 4.92. The lowest BCUT2D eigenvalue weighted by Gasteiger charge is -2.17. The van der Waals surface area contributed by atoms with Crippen molar-refractivity contribution in [2.24, 2.45) is 5.41 Å². The molecule has 100 valence electrons. The quantitative estimate of drug-likeness (QED) is 0.662. The van der Waals surface area contributed by atoms with Crippen molar-refractivity contribution in [1.82, 2.24) is 10.6 Å². The Morgan fingerprint density at radius 1 is 1.47 bits per heavy atom. The number of rotatable bonds is 7. The molecule has 0 aromatic rings. The van der Waals surface area contributed by atoms with Gasteiger partial charge >= 0.3 is 0 Å². The molecule has 1 rings (SSSR count). The average molecular weight is 242 g/mol. The Bertz CT molecular complexity index is 242. The van der Waals surface area contributed by atoms with Crippen LogP contribution in [0.4, 0.5) is 0 Å². The summed E-state index contributed by atoms with van der Waals surface area (Å²) in [5.74, 6) is 0.0887. The minimum Gasteiger partial charge on any atom is -0.385 e. The summed E-state index contributed by atoms with van der Waals surface area (Å²) in [6.07, 6.45) is 4.48. The van der Waals surface area contributed by atoms with Crippen molar-refractivity contribution < 1.29 is 9.53 Å². The second-order valence-electron chi connectivity index (χ2n) is 5.68. The van der Waals surface area contributed by atoms with E-state index in [4.69, 9.17) is 4.74 Å². The molecule has 0 bridgehead atoms. The first-order valence-corrected chi connectivity index (χ1v) is 6.52. The number of carbonyl (C=O) groups excluding carboxylic acids is 1. The molecule has 0 radical (unpaired) electrons. The van der Waals surface area contributed by atoms with Gasteiger partial charge in [-0.2, -0.15) is 0 Å². The van der Waals surface area contributed by atoms with Gasteiger partial charge in [0.2, 0.25) is 5.91 Å². The summed E-state index contributed by atoms with van der Waals surface area (Å²) in [6.45, 7) is 6.42. The predicted molar refractivity (Wildman–Crippen MR) is 68.9 cm³/mol. The molecule has 0 spiro atoms. The molecule has 0 aliphatic heterocycles. The summed E-state index contributed by atoms with van der Waals surface area (Å²) in [5, 5.41) is 6.22. The van der Waals surface area contributed by atoms with Crippen molar-refractivity contribution in [1.29, 1.82) is 0 Å². The monoisotopic (exact) mass is 242 g/mol. The summed E-state index contributed by atoms with van der Waals surface area (Å²) in [5.41, 5.74) is 0.437. The van der Waals surface area contributed by atoms with Crippen LogP contribution in [0.1, 0.15) is 39.5 Å². The smallest absolute Gasteiger partial charge is 0.233 e. The van der Waals surface area contributed by atoms with Gasteiger partial charge < -0.3 is 15.4 Å². The van der Waals surface area contributed by atoms with E-state index in [0.717, 1.165) is 6.42 Å². The first kappa shape index (κ1) is 14.5. The predicted octanol–water partition coefficient (Wildman–Crippen LogP) is 1.31. The number of nitrogens with one attached hydrogen (secondary N) is 2. The van der Waals surface area contributed by atoms with E-state index < -0.39 is 0 Å². The van der Waals surface area contributed by atoms with Crippen LogP contribution in [0.25, 0.3) is 0 Å². The van der Waals surface area contributed by atoms with Crippen LogP contribution in [-0.4, -0.2) is 38.8 Å². The molecule has 1 aliphatic carbocycles. The molecule has 0 aromatic carbocycles. The second-order valence-corrected chi connectivity index (χ2v) is 5.68. The van der Waals surface area contributed by atoms with Gasteiger partial charge in [-0.25, -0.2) is 0 Å². The van der Waals surface area contributed by atoms with Crippen LogP contribution in [0.3, 0.4) is 0 Å². The van der Waals surface area contributed by atoms with Crippen molar-refractivity contribution in [3.8, 4) is 0 Å². The van der Waals surface area contributed by atoms with Gasteiger partial charge in [0, 0.05) is 26.3 Å². The van der Waals surface area contributed by atoms with E-state index in [1.807, 2.05) is 0 Å². The maximum atomic E-state index is 11.5. The molecule has 17 heavy (non-hydrogen) atoms. The van der Waals surface area contributed by atoms with E-state index in [1.165, 1.54) is 19.3 Å². The zero-order chi connectivity index (χ0) is 12.7. The van der Waals surface area contributed by atoms with E-state index in [9.17, 15) is 4.79 Å². The van der Waals surface area contributed by atoms with Crippen molar-refractivity contribution in [2.75, 3.05) is 26.8 Å². The number of hydrogen-bond donors (Lipinski definition) is 2. The van der Waals surface area contributed by atoms with Crippen LogP contribution >= 0.6 is 0 Å². The SMILES string of the molecule is COCCCNC(=O)CNC1CCC(C)(C)C1. The topological polar surface area (TPSA) is 50.4 Å². The Morgan fingerprint density at radius 2 is 2.24 bits per heavy atom. The Kier molecular flexibility index (Phi) is 5.92. The van der Waals surface area contributed by atoms with E-state index in [1.54, 1.807) is 7.11 Å². The summed E-state index contributed by atoms with van der Waals surface area (Å²) in [6, 6.07) is 0.509. The minimum absolute atomic E-state index is 0.0887. The van der Waals surface area contributed by atoms with Gasteiger partial charge in [-0.15, -0.1) is 0 Å². The molecule has 1 aliphatic rings. The molecule has 0 saturated heterocycles. The highest BCUT2D eigenvalue weighted by atomic mass is 16.5. The number of ether oxygens (including phenoxy) is 1. The number of methoxy groups -OCH3 is 1. The normalized spacial score (nSPS) is 22.6. The number of hydrogen-bond acceptors (Lipinski definition) is 3. The zero-order valence-corrected chi connectivity index (χ0v) is 11.3. The summed E-state index contributed by atoms with van der Waals surface area (Å²) in [7, 11) is 1.67. The summed E-state index contributed by atoms with van der Waals surface area (Å²) in [4.78, 5) is 11.5. The van der Waals surface area contributed by atoms with Crippen molar-refractivity contribution in [3.05, 3.63) is 0 Å². The van der Waals surface area contributed by atoms with E-state index in [-0.39, 0.29) is 5.91 Å². The summed E-state index contributed by atoms with van der Waals surface area (Å²) >= 11 is 0. The standard InChI is InChI=1S/C13H26N2O2/c1-13(2)6-5-11(9-13)15-10-12(16)14-7-4-8-17-3/h11,15H,4-10H2,1-3H3,(H,14,16). The van der Waals surface area contributed by atoms with Crippen LogP contribution in [-0.2, 0) is 9.53 Å². The molecule has 4 heteroatoms. The molecular weight excluding hydrogens is 216 g/mol. The van der Waals surface area contributed by atoms with E-state index >= 15 is 0 Å². The Morgan fingerprint density at radius 3 is 2.82 bits per heavy atom. The fourth-order valence-corrected chi connectivity index (χ4v) is 2.35. The van der Waals surface area contributed by atoms with Crippen LogP contribution in [0.2, 0.25) is 0 Å². The average Bonchev–Trinajstić information content (AvgIpc) is 2.62. The minimum atomic E-state index is 0.0887. The third-order valence-electron chi connectivity index (χ3n) is 3.37. The van der Waals surface area contributed by atoms with Crippen LogP contribution in [0, 0.1) is 5.41 Å². The van der Waals surface area contributed by atoms with Crippen LogP contribution in [0.5, 0.6) is 0 Å². The van der Waals surface area contributed by atoms with Crippen LogP contribution in [0.15, 0.2) is 0 Å². The molecule has 1 saturated carbocycles. The Balaban J connectivity index is 2.04. The van der Waals surface area contributed by atoms with Gasteiger partial charge in [-0.3, -0.25) is 4.79 Å². The van der Waals surface area contributed by atoms with E-state index in [2.05, 4.69) is 24.5 Å². The van der Waals surface area contributed by atoms with Gasteiger partial charge in [0.25, 0.3) is 0 Å². The highest BCUT2D eigenvalue weighted by molar-refractivity contribution is 5.77. The third-order valence-corrected chi connectivity index (χ3v) is 3.37. The van der Waals surface area contributed by atoms with Gasteiger partial charge in [-0.05, 0) is 31.1 Å². The molecule has 1 fully saturated rings. The van der Waals surface area contributed by atoms with Crippen molar-refractivity contribution in [2.45, 2.75) is 45.6 Å². The van der Waals surface area contributed by atoms with Gasteiger partial charge in [0.05, 0.1) is 6.54 Å². The molecule has 2 N–H and O–H groups in total. The van der Waals surface area contributed by atoms with Gasteiger partial charge in [0.1, 0.15) is 0 Å². The lowest BCUT2D eigenvalue weighted by Crippen LogP contribution is -2.39. The highest BCUT2D eigenvalue weighted by Gasteiger charge is 2.30. The fourth-order valence-electron chi connectivity index (χ4n) is 2.35. The molecule has 1 atom stereocenters. The Labute approximate surface area is 104 Å². The molecule has 0 heterocycles. The second kappa shape index (κ2) is 6.97. The molecule has 1 amide bonds. The van der Waals surface area contributed by atoms with Gasteiger partial charge in [0.15, 0.2) is 0 Å². The van der Waals surface area contributed by atoms with Crippen LogP contribution < -0.4 is 10.6 Å². The lowest BCUT2D eigenvalue weighted by atomic mass is 9.92. The maximum absolute atomic E-state index is 11.5. The van der Waals surface area contributed by atoms with Gasteiger partial charge in [-0.1, -0.05) is 13.8 Å². The number of amides is 1. The molecule has 0 aromatic heterocycles. The third kappa shape index (κ3) is 6.03.